The van der Waals surface area contributed by atoms with E-state index >= 15 is 0 Å². The molecule has 0 aromatic rings. The molecule has 0 unspecified atom stereocenters. The summed E-state index contributed by atoms with van der Waals surface area (Å²) in [6.45, 7) is 7.80. The van der Waals surface area contributed by atoms with E-state index in [1.807, 2.05) is 13.8 Å². The van der Waals surface area contributed by atoms with Crippen LogP contribution < -0.4 is 56.7 Å². The summed E-state index contributed by atoms with van der Waals surface area (Å²) >= 11 is 0. The standard InChI is InChI=1S/C10H18NO2.K/c1-4-10(13)11-7-5-6-9(12)8(2)3;/h8H,1,4-7H2,2-3H3,(H,11,13);/q-1;+1. The average Bonchev–Trinajstić information content (AvgIpc) is 2.11. The number of carbonyl (C=O) groups is 2. The molecule has 0 aromatic heterocycles. The number of hydrogen-bond acceptors (Lipinski definition) is 2. The Balaban J connectivity index is 0. The molecule has 0 aromatic carbocycles. The SMILES string of the molecule is [CH2-]CC(=O)NCCCC(=O)C(C)C.[K+]. The van der Waals surface area contributed by atoms with E-state index in [0.717, 1.165) is 6.42 Å². The first kappa shape index (κ1) is 17.2. The molecule has 0 aliphatic carbocycles. The summed E-state index contributed by atoms with van der Waals surface area (Å²) in [5, 5.41) is 2.67. The predicted molar refractivity (Wildman–Crippen MR) is 52.1 cm³/mol. The van der Waals surface area contributed by atoms with Gasteiger partial charge in [0.05, 0.1) is 0 Å². The normalized spacial score (nSPS) is 9.43. The summed E-state index contributed by atoms with van der Waals surface area (Å²) in [6.07, 6.45) is 1.54. The van der Waals surface area contributed by atoms with Crippen LogP contribution in [-0.2, 0) is 9.59 Å². The molecule has 0 spiro atoms. The zero-order valence-corrected chi connectivity index (χ0v) is 12.6. The van der Waals surface area contributed by atoms with Crippen LogP contribution in [0.1, 0.15) is 33.1 Å². The maximum atomic E-state index is 11.1. The van der Waals surface area contributed by atoms with Gasteiger partial charge in [0.2, 0.25) is 0 Å². The van der Waals surface area contributed by atoms with E-state index in [2.05, 4.69) is 12.2 Å². The predicted octanol–water partition coefficient (Wildman–Crippen LogP) is -1.66. The number of nitrogens with one attached hydrogen (secondary N) is 1. The van der Waals surface area contributed by atoms with Gasteiger partial charge in [-0.1, -0.05) is 13.8 Å². The summed E-state index contributed by atoms with van der Waals surface area (Å²) in [4.78, 5) is 21.9. The van der Waals surface area contributed by atoms with Gasteiger partial charge in [0.25, 0.3) is 0 Å². The quantitative estimate of drug-likeness (QED) is 0.333. The summed E-state index contributed by atoms with van der Waals surface area (Å²) < 4.78 is 0. The van der Waals surface area contributed by atoms with Crippen LogP contribution in [0.5, 0.6) is 0 Å². The van der Waals surface area contributed by atoms with Crippen LogP contribution in [-0.4, -0.2) is 18.2 Å². The molecule has 0 radical (unpaired) electrons. The van der Waals surface area contributed by atoms with Crippen molar-refractivity contribution in [2.24, 2.45) is 5.92 Å². The smallest absolute Gasteiger partial charge is 0.358 e. The molecule has 0 fully saturated rings. The largest absolute Gasteiger partial charge is 1.00 e. The van der Waals surface area contributed by atoms with E-state index in [-0.39, 0.29) is 75.4 Å². The maximum Gasteiger partial charge on any atom is 1.00 e. The molecule has 4 heteroatoms. The van der Waals surface area contributed by atoms with E-state index in [0.29, 0.717) is 13.0 Å². The molecule has 0 atom stereocenters. The first-order chi connectivity index (χ1) is 6.07. The van der Waals surface area contributed by atoms with Crippen LogP contribution in [0.25, 0.3) is 0 Å². The van der Waals surface area contributed by atoms with Crippen molar-refractivity contribution >= 4 is 11.7 Å². The van der Waals surface area contributed by atoms with Crippen LogP contribution in [0.4, 0.5) is 0 Å². The molecule has 14 heavy (non-hydrogen) atoms. The fourth-order valence-electron chi connectivity index (χ4n) is 0.867. The zero-order chi connectivity index (χ0) is 10.3. The van der Waals surface area contributed by atoms with Crippen molar-refractivity contribution in [1.82, 2.24) is 5.32 Å². The van der Waals surface area contributed by atoms with Crippen molar-refractivity contribution in [3.05, 3.63) is 6.92 Å². The van der Waals surface area contributed by atoms with Gasteiger partial charge in [0, 0.05) is 18.9 Å². The minimum Gasteiger partial charge on any atom is -0.358 e. The number of carbonyl (C=O) groups excluding carboxylic acids is 2. The van der Waals surface area contributed by atoms with E-state index in [1.54, 1.807) is 0 Å². The van der Waals surface area contributed by atoms with Gasteiger partial charge in [-0.2, -0.15) is 0 Å². The Kier molecular flexibility index (Phi) is 12.6. The van der Waals surface area contributed by atoms with Crippen LogP contribution in [0.15, 0.2) is 0 Å². The molecule has 0 bridgehead atoms. The van der Waals surface area contributed by atoms with Crippen molar-refractivity contribution in [2.45, 2.75) is 33.1 Å². The van der Waals surface area contributed by atoms with E-state index in [9.17, 15) is 9.59 Å². The number of hydrogen-bond donors (Lipinski definition) is 1. The van der Waals surface area contributed by atoms with Gasteiger partial charge in [-0.25, -0.2) is 0 Å². The fraction of sp³-hybridized carbons (Fsp3) is 0.700. The van der Waals surface area contributed by atoms with Crippen molar-refractivity contribution < 1.29 is 61.0 Å². The summed E-state index contributed by atoms with van der Waals surface area (Å²) in [6, 6.07) is 0. The molecule has 0 aliphatic rings. The fourth-order valence-corrected chi connectivity index (χ4v) is 0.867. The van der Waals surface area contributed by atoms with Crippen LogP contribution in [0.2, 0.25) is 0 Å². The molecule has 0 saturated heterocycles. The molecule has 1 N–H and O–H groups in total. The van der Waals surface area contributed by atoms with Crippen molar-refractivity contribution in [3.63, 3.8) is 0 Å². The Labute approximate surface area is 129 Å². The van der Waals surface area contributed by atoms with Gasteiger partial charge in [-0.3, -0.25) is 9.59 Å². The average molecular weight is 223 g/mol. The molecule has 76 valence electrons. The molecule has 0 aliphatic heterocycles. The van der Waals surface area contributed by atoms with E-state index < -0.39 is 0 Å². The Morgan fingerprint density at radius 2 is 1.93 bits per heavy atom. The van der Waals surface area contributed by atoms with Crippen LogP contribution in [0.3, 0.4) is 0 Å². The van der Waals surface area contributed by atoms with E-state index in [1.165, 1.54) is 0 Å². The van der Waals surface area contributed by atoms with Gasteiger partial charge in [0.1, 0.15) is 5.78 Å². The maximum absolute atomic E-state index is 11.1. The zero-order valence-electron chi connectivity index (χ0n) is 9.43. The third-order valence-electron chi connectivity index (χ3n) is 1.79. The molecule has 0 saturated carbocycles. The third-order valence-corrected chi connectivity index (χ3v) is 1.79. The van der Waals surface area contributed by atoms with Gasteiger partial charge < -0.3 is 12.2 Å². The van der Waals surface area contributed by atoms with Gasteiger partial charge >= 0.3 is 51.4 Å². The Morgan fingerprint density at radius 1 is 1.36 bits per heavy atom. The Morgan fingerprint density at radius 3 is 2.36 bits per heavy atom. The van der Waals surface area contributed by atoms with Gasteiger partial charge in [0.15, 0.2) is 5.91 Å². The first-order valence-electron chi connectivity index (χ1n) is 4.66. The Bertz CT molecular complexity index is 181. The van der Waals surface area contributed by atoms with E-state index in [4.69, 9.17) is 0 Å². The molecule has 0 rings (SSSR count). The number of amides is 1. The number of ketones is 1. The molecular formula is C10H18KNO2. The minimum absolute atomic E-state index is 0. The minimum atomic E-state index is -0.0583. The van der Waals surface area contributed by atoms with Crippen molar-refractivity contribution in [2.75, 3.05) is 6.54 Å². The van der Waals surface area contributed by atoms with Crippen molar-refractivity contribution in [1.29, 1.82) is 0 Å². The second-order valence-corrected chi connectivity index (χ2v) is 3.32. The summed E-state index contributed by atoms with van der Waals surface area (Å²) in [5.74, 6) is 0.296. The molecular weight excluding hydrogens is 205 g/mol. The number of rotatable bonds is 6. The summed E-state index contributed by atoms with van der Waals surface area (Å²) in [5.41, 5.74) is 0. The van der Waals surface area contributed by atoms with Crippen LogP contribution in [0, 0.1) is 12.8 Å². The molecule has 0 heterocycles. The Hall–Kier alpha value is 0.776. The topological polar surface area (TPSA) is 46.2 Å². The molecule has 1 amide bonds. The number of Topliss-reactive ketones (excluding diaryl/α,β-unsaturated/α-hetero) is 1. The van der Waals surface area contributed by atoms with Crippen molar-refractivity contribution in [3.8, 4) is 0 Å². The summed E-state index contributed by atoms with van der Waals surface area (Å²) in [7, 11) is 0. The van der Waals surface area contributed by atoms with Gasteiger partial charge in [-0.15, -0.1) is 6.42 Å². The first-order valence-corrected chi connectivity index (χ1v) is 4.66. The monoisotopic (exact) mass is 223 g/mol. The second-order valence-electron chi connectivity index (χ2n) is 3.32. The second kappa shape index (κ2) is 10.3. The van der Waals surface area contributed by atoms with Gasteiger partial charge in [-0.05, 0) is 6.42 Å². The third kappa shape index (κ3) is 9.34. The van der Waals surface area contributed by atoms with Crippen LogP contribution >= 0.6 is 0 Å². The molecule has 3 nitrogen and oxygen atoms in total.